The molecule has 3 rings (SSSR count). The highest BCUT2D eigenvalue weighted by molar-refractivity contribution is 6.42. The SMILES string of the molecule is CCCN(CC(=O)N(CCc1ccc(OC)c(OC)c1)Cc1ccc(C)o1)C(=O)c1ccc(Cl)c(Cl)c1. The molecule has 0 aliphatic carbocycles. The summed E-state index contributed by atoms with van der Waals surface area (Å²) in [4.78, 5) is 30.0. The molecular weight excluding hydrogens is 515 g/mol. The number of furan rings is 1. The molecule has 0 unspecified atom stereocenters. The van der Waals surface area contributed by atoms with E-state index in [1.165, 1.54) is 6.07 Å². The topological polar surface area (TPSA) is 72.2 Å². The van der Waals surface area contributed by atoms with Crippen molar-refractivity contribution in [2.75, 3.05) is 33.9 Å². The molecule has 2 aromatic carbocycles. The van der Waals surface area contributed by atoms with Crippen molar-refractivity contribution in [1.82, 2.24) is 9.80 Å². The van der Waals surface area contributed by atoms with E-state index in [0.717, 1.165) is 11.3 Å². The lowest BCUT2D eigenvalue weighted by molar-refractivity contribution is -0.132. The van der Waals surface area contributed by atoms with Crippen molar-refractivity contribution in [3.05, 3.63) is 81.2 Å². The molecular formula is C28H32Cl2N2O5. The summed E-state index contributed by atoms with van der Waals surface area (Å²) < 4.78 is 16.5. The van der Waals surface area contributed by atoms with Gasteiger partial charge in [0, 0.05) is 18.7 Å². The van der Waals surface area contributed by atoms with Gasteiger partial charge in [-0.1, -0.05) is 36.2 Å². The molecule has 0 fully saturated rings. The molecule has 0 radical (unpaired) electrons. The average Bonchev–Trinajstić information content (AvgIpc) is 3.31. The number of halogens is 2. The van der Waals surface area contributed by atoms with Crippen molar-refractivity contribution in [1.29, 1.82) is 0 Å². The number of carbonyl (C=O) groups excluding carboxylic acids is 2. The zero-order valence-electron chi connectivity index (χ0n) is 21.6. The quantitative estimate of drug-likeness (QED) is 0.277. The zero-order valence-corrected chi connectivity index (χ0v) is 23.1. The summed E-state index contributed by atoms with van der Waals surface area (Å²) in [7, 11) is 3.18. The Kier molecular flexibility index (Phi) is 10.3. The number of hydrogen-bond acceptors (Lipinski definition) is 5. The van der Waals surface area contributed by atoms with Crippen LogP contribution in [0, 0.1) is 6.92 Å². The van der Waals surface area contributed by atoms with Crippen LogP contribution in [-0.2, 0) is 17.8 Å². The van der Waals surface area contributed by atoms with Crippen molar-refractivity contribution in [2.24, 2.45) is 0 Å². The molecule has 1 aromatic heterocycles. The van der Waals surface area contributed by atoms with E-state index in [1.807, 2.05) is 44.2 Å². The minimum atomic E-state index is -0.276. The van der Waals surface area contributed by atoms with Crippen molar-refractivity contribution in [3.8, 4) is 11.5 Å². The third kappa shape index (κ3) is 7.66. The van der Waals surface area contributed by atoms with Crippen LogP contribution in [0.1, 0.15) is 40.8 Å². The van der Waals surface area contributed by atoms with Crippen molar-refractivity contribution < 1.29 is 23.5 Å². The molecule has 7 nitrogen and oxygen atoms in total. The van der Waals surface area contributed by atoms with Crippen molar-refractivity contribution in [3.63, 3.8) is 0 Å². The first-order valence-electron chi connectivity index (χ1n) is 12.0. The number of nitrogens with zero attached hydrogens (tertiary/aromatic N) is 2. The van der Waals surface area contributed by atoms with Gasteiger partial charge >= 0.3 is 0 Å². The van der Waals surface area contributed by atoms with Gasteiger partial charge in [0.2, 0.25) is 5.91 Å². The van der Waals surface area contributed by atoms with Crippen LogP contribution in [0.4, 0.5) is 0 Å². The third-order valence-corrected chi connectivity index (χ3v) is 6.63. The minimum Gasteiger partial charge on any atom is -0.493 e. The van der Waals surface area contributed by atoms with E-state index < -0.39 is 0 Å². The van der Waals surface area contributed by atoms with E-state index in [-0.39, 0.29) is 18.4 Å². The molecule has 1 heterocycles. The molecule has 0 bridgehead atoms. The second kappa shape index (κ2) is 13.4. The highest BCUT2D eigenvalue weighted by Crippen LogP contribution is 2.28. The summed E-state index contributed by atoms with van der Waals surface area (Å²) in [6, 6.07) is 14.1. The zero-order chi connectivity index (χ0) is 26.9. The van der Waals surface area contributed by atoms with E-state index in [2.05, 4.69) is 0 Å². The summed E-state index contributed by atoms with van der Waals surface area (Å²) in [6.45, 7) is 4.89. The smallest absolute Gasteiger partial charge is 0.254 e. The number of ether oxygens (including phenoxy) is 2. The van der Waals surface area contributed by atoms with Gasteiger partial charge in [-0.15, -0.1) is 0 Å². The van der Waals surface area contributed by atoms with E-state index in [0.29, 0.717) is 65.3 Å². The van der Waals surface area contributed by atoms with Crippen LogP contribution in [0.2, 0.25) is 10.0 Å². The molecule has 0 spiro atoms. The van der Waals surface area contributed by atoms with Gasteiger partial charge in [-0.3, -0.25) is 9.59 Å². The van der Waals surface area contributed by atoms with Crippen LogP contribution in [0.25, 0.3) is 0 Å². The Morgan fingerprint density at radius 3 is 2.27 bits per heavy atom. The van der Waals surface area contributed by atoms with Gasteiger partial charge in [-0.2, -0.15) is 0 Å². The standard InChI is InChI=1S/C28H32Cl2N2O5/c1-5-13-32(28(34)21-8-10-23(29)24(30)16-21)18-27(33)31(17-22-9-6-19(2)37-22)14-12-20-7-11-25(35-3)26(15-20)36-4/h6-11,15-16H,5,12-14,17-18H2,1-4H3. The molecule has 0 N–H and O–H groups in total. The molecule has 0 aliphatic rings. The van der Waals surface area contributed by atoms with Gasteiger partial charge in [0.05, 0.1) is 30.8 Å². The maximum atomic E-state index is 13.5. The monoisotopic (exact) mass is 546 g/mol. The summed E-state index contributed by atoms with van der Waals surface area (Å²) in [5, 5.41) is 0.659. The first-order valence-corrected chi connectivity index (χ1v) is 12.8. The molecule has 0 saturated heterocycles. The number of rotatable bonds is 12. The fourth-order valence-corrected chi connectivity index (χ4v) is 4.25. The van der Waals surface area contributed by atoms with Crippen LogP contribution in [0.15, 0.2) is 52.9 Å². The predicted molar refractivity (Wildman–Crippen MR) is 145 cm³/mol. The van der Waals surface area contributed by atoms with Gasteiger partial charge in [0.25, 0.3) is 5.91 Å². The average molecular weight is 547 g/mol. The molecule has 0 saturated carbocycles. The number of benzene rings is 2. The molecule has 37 heavy (non-hydrogen) atoms. The number of amides is 2. The van der Waals surface area contributed by atoms with Crippen molar-refractivity contribution >= 4 is 35.0 Å². The Hall–Kier alpha value is -3.16. The number of carbonyl (C=O) groups is 2. The highest BCUT2D eigenvalue weighted by atomic mass is 35.5. The lowest BCUT2D eigenvalue weighted by Crippen LogP contribution is -2.43. The maximum absolute atomic E-state index is 13.5. The third-order valence-electron chi connectivity index (χ3n) is 5.89. The fourth-order valence-electron chi connectivity index (χ4n) is 3.95. The second-order valence-electron chi connectivity index (χ2n) is 8.62. The van der Waals surface area contributed by atoms with Gasteiger partial charge in [0.15, 0.2) is 11.5 Å². The Bertz CT molecular complexity index is 1230. The van der Waals surface area contributed by atoms with Crippen LogP contribution >= 0.6 is 23.2 Å². The molecule has 3 aromatic rings. The number of aryl methyl sites for hydroxylation is 1. The first-order chi connectivity index (χ1) is 17.7. The van der Waals surface area contributed by atoms with E-state index in [1.54, 1.807) is 36.2 Å². The Morgan fingerprint density at radius 1 is 0.892 bits per heavy atom. The Labute approximate surface area is 227 Å². The van der Waals surface area contributed by atoms with Gasteiger partial charge in [-0.25, -0.2) is 0 Å². The van der Waals surface area contributed by atoms with Gasteiger partial charge < -0.3 is 23.7 Å². The molecule has 0 atom stereocenters. The summed E-state index contributed by atoms with van der Waals surface area (Å²) in [6.07, 6.45) is 1.28. The molecule has 2 amide bonds. The number of methoxy groups -OCH3 is 2. The summed E-state index contributed by atoms with van der Waals surface area (Å²) in [5.74, 6) is 2.25. The maximum Gasteiger partial charge on any atom is 0.254 e. The first kappa shape index (κ1) is 28.4. The van der Waals surface area contributed by atoms with Crippen LogP contribution in [0.5, 0.6) is 11.5 Å². The predicted octanol–water partition coefficient (Wildman–Crippen LogP) is 6.04. The summed E-state index contributed by atoms with van der Waals surface area (Å²) >= 11 is 12.1. The number of hydrogen-bond donors (Lipinski definition) is 0. The minimum absolute atomic E-state index is 0.0709. The Balaban J connectivity index is 1.79. The van der Waals surface area contributed by atoms with Crippen LogP contribution in [-0.4, -0.2) is 55.5 Å². The van der Waals surface area contributed by atoms with E-state index in [9.17, 15) is 9.59 Å². The van der Waals surface area contributed by atoms with Gasteiger partial charge in [-0.05, 0) is 67.8 Å². The van der Waals surface area contributed by atoms with Gasteiger partial charge in [0.1, 0.15) is 18.1 Å². The molecule has 9 heteroatoms. The molecule has 0 aliphatic heterocycles. The summed E-state index contributed by atoms with van der Waals surface area (Å²) in [5.41, 5.74) is 1.37. The lowest BCUT2D eigenvalue weighted by atomic mass is 10.1. The highest BCUT2D eigenvalue weighted by Gasteiger charge is 2.23. The van der Waals surface area contributed by atoms with E-state index >= 15 is 0 Å². The van der Waals surface area contributed by atoms with E-state index in [4.69, 9.17) is 37.1 Å². The second-order valence-corrected chi connectivity index (χ2v) is 9.44. The largest absolute Gasteiger partial charge is 0.493 e. The van der Waals surface area contributed by atoms with Crippen LogP contribution in [0.3, 0.4) is 0 Å². The van der Waals surface area contributed by atoms with Crippen LogP contribution < -0.4 is 9.47 Å². The van der Waals surface area contributed by atoms with Crippen molar-refractivity contribution in [2.45, 2.75) is 33.2 Å². The molecule has 198 valence electrons. The fraction of sp³-hybridized carbons (Fsp3) is 0.357. The Morgan fingerprint density at radius 2 is 1.65 bits per heavy atom. The lowest BCUT2D eigenvalue weighted by Gasteiger charge is -2.27. The normalized spacial score (nSPS) is 10.8.